The van der Waals surface area contributed by atoms with Crippen molar-refractivity contribution >= 4 is 29.3 Å². The third-order valence-electron chi connectivity index (χ3n) is 1.32. The molecule has 2 rings (SSSR count). The number of aromatic nitrogens is 2. The van der Waals surface area contributed by atoms with Gasteiger partial charge in [0.05, 0.1) is 0 Å². The Bertz CT molecular complexity index is 437. The first-order valence-electron chi connectivity index (χ1n) is 3.53. The molecule has 0 amide bonds. The average molecular weight is 228 g/mol. The molecule has 7 heteroatoms. The van der Waals surface area contributed by atoms with E-state index in [2.05, 4.69) is 9.36 Å². The maximum absolute atomic E-state index is 10.5. The van der Waals surface area contributed by atoms with Crippen LogP contribution in [0.25, 0.3) is 0 Å². The Morgan fingerprint density at radius 2 is 2.43 bits per heavy atom. The Hall–Kier alpha value is -1.34. The normalized spacial score (nSPS) is 10.3. The smallest absolute Gasteiger partial charge is 0.371 e. The lowest BCUT2D eigenvalue weighted by molar-refractivity contribution is 0.0656. The number of aromatic carboxylic acids is 1. The van der Waals surface area contributed by atoms with Gasteiger partial charge in [-0.2, -0.15) is 4.37 Å². The lowest BCUT2D eigenvalue weighted by Crippen LogP contribution is -1.91. The van der Waals surface area contributed by atoms with Crippen molar-refractivity contribution in [2.75, 3.05) is 0 Å². The van der Waals surface area contributed by atoms with Crippen LogP contribution in [0.5, 0.6) is 0 Å². The highest BCUT2D eigenvalue weighted by Crippen LogP contribution is 2.29. The van der Waals surface area contributed by atoms with Gasteiger partial charge in [-0.05, 0) is 35.4 Å². The molecule has 2 aromatic heterocycles. The van der Waals surface area contributed by atoms with Crippen LogP contribution >= 0.6 is 23.3 Å². The van der Waals surface area contributed by atoms with Gasteiger partial charge in [-0.3, -0.25) is 0 Å². The van der Waals surface area contributed by atoms with E-state index in [1.54, 1.807) is 6.07 Å². The molecule has 0 radical (unpaired) electrons. The molecule has 2 aromatic rings. The Kier molecular flexibility index (Phi) is 2.51. The van der Waals surface area contributed by atoms with Crippen LogP contribution in [0.2, 0.25) is 0 Å². The van der Waals surface area contributed by atoms with Gasteiger partial charge in [-0.1, -0.05) is 0 Å². The van der Waals surface area contributed by atoms with Crippen LogP contribution in [0, 0.1) is 0 Å². The monoisotopic (exact) mass is 228 g/mol. The molecule has 0 unspecified atom stereocenters. The third kappa shape index (κ3) is 1.94. The number of furan rings is 1. The van der Waals surface area contributed by atoms with E-state index in [-0.39, 0.29) is 5.76 Å². The number of hydrogen-bond donors (Lipinski definition) is 1. The number of rotatable bonds is 3. The van der Waals surface area contributed by atoms with Crippen LogP contribution in [0.15, 0.2) is 32.3 Å². The SMILES string of the molecule is O=C(O)c1ccc(Sc2ncns2)o1. The van der Waals surface area contributed by atoms with Crippen molar-refractivity contribution in [3.63, 3.8) is 0 Å². The zero-order valence-electron chi connectivity index (χ0n) is 6.71. The fraction of sp³-hybridized carbons (Fsp3) is 0. The molecule has 0 atom stereocenters. The van der Waals surface area contributed by atoms with Gasteiger partial charge in [0.2, 0.25) is 5.76 Å². The second-order valence-corrected chi connectivity index (χ2v) is 4.26. The number of carboxylic acids is 1. The average Bonchev–Trinajstić information content (AvgIpc) is 2.75. The Morgan fingerprint density at radius 1 is 1.57 bits per heavy atom. The summed E-state index contributed by atoms with van der Waals surface area (Å²) in [5.74, 6) is -1.15. The first kappa shape index (κ1) is 9.22. The van der Waals surface area contributed by atoms with Crippen LogP contribution < -0.4 is 0 Å². The maximum Gasteiger partial charge on any atom is 0.371 e. The molecule has 0 saturated carbocycles. The molecule has 0 bridgehead atoms. The van der Waals surface area contributed by atoms with Crippen LogP contribution in [-0.4, -0.2) is 20.4 Å². The minimum Gasteiger partial charge on any atom is -0.475 e. The van der Waals surface area contributed by atoms with E-state index >= 15 is 0 Å². The molecule has 0 fully saturated rings. The van der Waals surface area contributed by atoms with Crippen molar-refractivity contribution in [3.05, 3.63) is 24.2 Å². The molecule has 1 N–H and O–H groups in total. The van der Waals surface area contributed by atoms with E-state index in [0.717, 1.165) is 4.34 Å². The van der Waals surface area contributed by atoms with Gasteiger partial charge in [0.1, 0.15) is 6.33 Å². The first-order valence-corrected chi connectivity index (χ1v) is 5.12. The Balaban J connectivity index is 2.14. The van der Waals surface area contributed by atoms with E-state index in [9.17, 15) is 4.79 Å². The highest BCUT2D eigenvalue weighted by Gasteiger charge is 2.10. The molecule has 0 aliphatic heterocycles. The van der Waals surface area contributed by atoms with Gasteiger partial charge in [0, 0.05) is 0 Å². The highest BCUT2D eigenvalue weighted by molar-refractivity contribution is 8.00. The summed E-state index contributed by atoms with van der Waals surface area (Å²) in [6, 6.07) is 3.00. The molecule has 2 heterocycles. The van der Waals surface area contributed by atoms with Gasteiger partial charge in [0.15, 0.2) is 9.43 Å². The Morgan fingerprint density at radius 3 is 3.00 bits per heavy atom. The predicted octanol–water partition coefficient (Wildman–Crippen LogP) is 1.98. The zero-order chi connectivity index (χ0) is 9.97. The van der Waals surface area contributed by atoms with Crippen LogP contribution in [-0.2, 0) is 0 Å². The largest absolute Gasteiger partial charge is 0.475 e. The summed E-state index contributed by atoms with van der Waals surface area (Å²) in [6.07, 6.45) is 1.44. The summed E-state index contributed by atoms with van der Waals surface area (Å²) >= 11 is 2.48. The minimum atomic E-state index is -1.07. The van der Waals surface area contributed by atoms with E-state index in [0.29, 0.717) is 5.09 Å². The molecule has 0 saturated heterocycles. The third-order valence-corrected chi connectivity index (χ3v) is 2.96. The quantitative estimate of drug-likeness (QED) is 0.865. The van der Waals surface area contributed by atoms with Crippen molar-refractivity contribution in [1.82, 2.24) is 9.36 Å². The summed E-state index contributed by atoms with van der Waals surface area (Å²) in [4.78, 5) is 14.4. The summed E-state index contributed by atoms with van der Waals surface area (Å²) in [6.45, 7) is 0. The molecule has 0 spiro atoms. The number of hydrogen-bond acceptors (Lipinski definition) is 6. The second-order valence-electron chi connectivity index (χ2n) is 2.23. The lowest BCUT2D eigenvalue weighted by atomic mass is 10.5. The van der Waals surface area contributed by atoms with Crippen molar-refractivity contribution in [2.24, 2.45) is 0 Å². The van der Waals surface area contributed by atoms with E-state index in [4.69, 9.17) is 9.52 Å². The zero-order valence-corrected chi connectivity index (χ0v) is 8.34. The minimum absolute atomic E-state index is 0.0722. The van der Waals surface area contributed by atoms with Crippen molar-refractivity contribution in [2.45, 2.75) is 9.43 Å². The van der Waals surface area contributed by atoms with Gasteiger partial charge in [0.25, 0.3) is 0 Å². The van der Waals surface area contributed by atoms with Gasteiger partial charge in [-0.25, -0.2) is 9.78 Å². The Labute approximate surface area is 86.9 Å². The lowest BCUT2D eigenvalue weighted by Gasteiger charge is -1.89. The van der Waals surface area contributed by atoms with Gasteiger partial charge in [-0.15, -0.1) is 0 Å². The van der Waals surface area contributed by atoms with Crippen molar-refractivity contribution in [3.8, 4) is 0 Å². The topological polar surface area (TPSA) is 76.2 Å². The standard InChI is InChI=1S/C7H4N2O3S2/c10-6(11)4-1-2-5(12-4)13-7-8-3-9-14-7/h1-3H,(H,10,11). The number of carbonyl (C=O) groups is 1. The number of nitrogens with zero attached hydrogens (tertiary/aromatic N) is 2. The van der Waals surface area contributed by atoms with Gasteiger partial charge >= 0.3 is 5.97 Å². The predicted molar refractivity (Wildman–Crippen MR) is 49.7 cm³/mol. The summed E-state index contributed by atoms with van der Waals surface area (Å²) < 4.78 is 9.55. The summed E-state index contributed by atoms with van der Waals surface area (Å²) in [5, 5.41) is 9.10. The van der Waals surface area contributed by atoms with Crippen LogP contribution in [0.1, 0.15) is 10.6 Å². The van der Waals surface area contributed by atoms with Crippen molar-refractivity contribution < 1.29 is 14.3 Å². The van der Waals surface area contributed by atoms with Crippen molar-refractivity contribution in [1.29, 1.82) is 0 Å². The maximum atomic E-state index is 10.5. The molecular formula is C7H4N2O3S2. The molecule has 0 aromatic carbocycles. The summed E-state index contributed by atoms with van der Waals surface area (Å²) in [7, 11) is 0. The molecule has 14 heavy (non-hydrogen) atoms. The van der Waals surface area contributed by atoms with Crippen LogP contribution in [0.4, 0.5) is 0 Å². The molecular weight excluding hydrogens is 224 g/mol. The summed E-state index contributed by atoms with van der Waals surface area (Å²) in [5.41, 5.74) is 0. The molecule has 0 aliphatic carbocycles. The molecule has 5 nitrogen and oxygen atoms in total. The van der Waals surface area contributed by atoms with E-state index < -0.39 is 5.97 Å². The fourth-order valence-electron chi connectivity index (χ4n) is 0.784. The highest BCUT2D eigenvalue weighted by atomic mass is 32.2. The fourth-order valence-corrected chi connectivity index (χ4v) is 2.13. The molecule has 72 valence electrons. The van der Waals surface area contributed by atoms with Crippen LogP contribution in [0.3, 0.4) is 0 Å². The second kappa shape index (κ2) is 3.81. The number of carboxylic acid groups (broad SMARTS) is 1. The van der Waals surface area contributed by atoms with E-state index in [1.165, 1.54) is 35.7 Å². The van der Waals surface area contributed by atoms with Gasteiger partial charge < -0.3 is 9.52 Å². The first-order chi connectivity index (χ1) is 6.75. The van der Waals surface area contributed by atoms with E-state index in [1.807, 2.05) is 0 Å². The molecule has 0 aliphatic rings.